The number of ether oxygens (including phenoxy) is 1. The van der Waals surface area contributed by atoms with Crippen LogP contribution in [0.5, 0.6) is 0 Å². The molecule has 0 spiro atoms. The molecule has 0 bridgehead atoms. The van der Waals surface area contributed by atoms with Gasteiger partial charge in [-0.2, -0.15) is 14.6 Å². The van der Waals surface area contributed by atoms with Gasteiger partial charge in [-0.3, -0.25) is 4.79 Å². The maximum atomic E-state index is 13.4. The van der Waals surface area contributed by atoms with Gasteiger partial charge in [0, 0.05) is 31.7 Å². The number of amides is 1. The number of piperidine rings is 1. The lowest BCUT2D eigenvalue weighted by molar-refractivity contribution is 0.0705. The van der Waals surface area contributed by atoms with E-state index in [4.69, 9.17) is 4.74 Å². The highest BCUT2D eigenvalue weighted by molar-refractivity contribution is 5.94. The highest BCUT2D eigenvalue weighted by Crippen LogP contribution is 2.29. The van der Waals surface area contributed by atoms with Crippen molar-refractivity contribution in [3.8, 4) is 0 Å². The first-order valence-corrected chi connectivity index (χ1v) is 9.42. The van der Waals surface area contributed by atoms with Gasteiger partial charge in [-0.15, -0.1) is 0 Å². The predicted molar refractivity (Wildman–Crippen MR) is 101 cm³/mol. The molecular formula is C20H21F2N5O2. The number of benzene rings is 1. The summed E-state index contributed by atoms with van der Waals surface area (Å²) in [5, 5.41) is 3.82. The summed E-state index contributed by atoms with van der Waals surface area (Å²) in [7, 11) is 1.62. The Morgan fingerprint density at radius 3 is 2.83 bits per heavy atom. The highest BCUT2D eigenvalue weighted by atomic mass is 19.3. The molecule has 1 atom stereocenters. The third-order valence-corrected chi connectivity index (χ3v) is 5.16. The minimum atomic E-state index is -2.69. The van der Waals surface area contributed by atoms with Crippen LogP contribution in [-0.2, 0) is 11.3 Å². The van der Waals surface area contributed by atoms with Crippen molar-refractivity contribution in [2.45, 2.75) is 31.8 Å². The van der Waals surface area contributed by atoms with Crippen LogP contribution in [0.4, 0.5) is 8.78 Å². The second-order valence-corrected chi connectivity index (χ2v) is 7.10. The maximum absolute atomic E-state index is 13.4. The molecule has 9 heteroatoms. The molecule has 3 aromatic rings. The standard InChI is InChI=1S/C20H21F2N5O2/c1-29-11-13-4-6-14(7-5-13)19(28)26-8-2-3-15(10-26)16-9-17(18(21)22)27-20(25-16)23-12-24-27/h4-7,9,12,15,18H,2-3,8,10-11H2,1H3. The van der Waals surface area contributed by atoms with Crippen LogP contribution in [0.2, 0.25) is 0 Å². The number of hydrogen-bond donors (Lipinski definition) is 0. The number of aromatic nitrogens is 4. The molecule has 1 aromatic carbocycles. The van der Waals surface area contributed by atoms with Gasteiger partial charge in [-0.25, -0.2) is 13.8 Å². The number of alkyl halides is 2. The van der Waals surface area contributed by atoms with Crippen molar-refractivity contribution in [1.82, 2.24) is 24.5 Å². The first kappa shape index (κ1) is 19.4. The zero-order valence-corrected chi connectivity index (χ0v) is 16.0. The third kappa shape index (κ3) is 3.95. The smallest absolute Gasteiger partial charge is 0.280 e. The van der Waals surface area contributed by atoms with E-state index in [1.165, 1.54) is 12.4 Å². The van der Waals surface area contributed by atoms with Crippen molar-refractivity contribution in [2.75, 3.05) is 20.2 Å². The van der Waals surface area contributed by atoms with E-state index in [1.807, 2.05) is 12.1 Å². The number of likely N-dealkylation sites (tertiary alicyclic amines) is 1. The molecule has 0 N–H and O–H groups in total. The molecule has 1 saturated heterocycles. The van der Waals surface area contributed by atoms with Gasteiger partial charge in [-0.05, 0) is 36.6 Å². The summed E-state index contributed by atoms with van der Waals surface area (Å²) >= 11 is 0. The van der Waals surface area contributed by atoms with Crippen molar-refractivity contribution in [2.24, 2.45) is 0 Å². The fraction of sp³-hybridized carbons (Fsp3) is 0.400. The molecule has 1 aliphatic heterocycles. The lowest BCUT2D eigenvalue weighted by Gasteiger charge is -2.32. The number of methoxy groups -OCH3 is 1. The van der Waals surface area contributed by atoms with Gasteiger partial charge in [0.1, 0.15) is 12.0 Å². The summed E-state index contributed by atoms with van der Waals surface area (Å²) in [5.74, 6) is -0.0500. The van der Waals surface area contributed by atoms with Crippen LogP contribution in [0.1, 0.15) is 52.5 Å². The van der Waals surface area contributed by atoms with E-state index in [0.717, 1.165) is 22.9 Å². The SMILES string of the molecule is COCc1ccc(C(=O)N2CCCC(c3cc(C(F)F)n4ncnc4n3)C2)cc1. The molecule has 7 nitrogen and oxygen atoms in total. The van der Waals surface area contributed by atoms with Gasteiger partial charge in [0.2, 0.25) is 0 Å². The average molecular weight is 401 g/mol. The summed E-state index contributed by atoms with van der Waals surface area (Å²) < 4.78 is 33.0. The summed E-state index contributed by atoms with van der Waals surface area (Å²) in [6.07, 6.45) is 0.0770. The Balaban J connectivity index is 1.55. The second-order valence-electron chi connectivity index (χ2n) is 7.10. The molecule has 0 saturated carbocycles. The molecular weight excluding hydrogens is 380 g/mol. The van der Waals surface area contributed by atoms with Gasteiger partial charge < -0.3 is 9.64 Å². The number of rotatable bonds is 5. The minimum Gasteiger partial charge on any atom is -0.380 e. The van der Waals surface area contributed by atoms with Crippen LogP contribution in [-0.4, -0.2) is 50.6 Å². The summed E-state index contributed by atoms with van der Waals surface area (Å²) in [5.41, 5.74) is 1.87. The Kier molecular flexibility index (Phi) is 5.48. The zero-order chi connectivity index (χ0) is 20.4. The number of nitrogens with zero attached hydrogens (tertiary/aromatic N) is 5. The maximum Gasteiger partial charge on any atom is 0.280 e. The van der Waals surface area contributed by atoms with Crippen molar-refractivity contribution in [3.05, 3.63) is 59.2 Å². The molecule has 0 aliphatic carbocycles. The fourth-order valence-corrected chi connectivity index (χ4v) is 3.71. The fourth-order valence-electron chi connectivity index (χ4n) is 3.71. The molecule has 3 heterocycles. The summed E-state index contributed by atoms with van der Waals surface area (Å²) in [6, 6.07) is 8.69. The van der Waals surface area contributed by atoms with E-state index in [0.29, 0.717) is 31.0 Å². The van der Waals surface area contributed by atoms with Crippen LogP contribution in [0, 0.1) is 0 Å². The molecule has 4 rings (SSSR count). The summed E-state index contributed by atoms with van der Waals surface area (Å²) in [6.45, 7) is 1.55. The molecule has 1 unspecified atom stereocenters. The predicted octanol–water partition coefficient (Wildman–Crippen LogP) is 3.23. The number of halogens is 2. The summed E-state index contributed by atoms with van der Waals surface area (Å²) in [4.78, 5) is 23.0. The first-order valence-electron chi connectivity index (χ1n) is 9.42. The topological polar surface area (TPSA) is 72.6 Å². The van der Waals surface area contributed by atoms with Gasteiger partial charge in [0.15, 0.2) is 0 Å². The quantitative estimate of drug-likeness (QED) is 0.656. The van der Waals surface area contributed by atoms with Crippen molar-refractivity contribution in [1.29, 1.82) is 0 Å². The monoisotopic (exact) mass is 401 g/mol. The Hall–Kier alpha value is -2.94. The second kappa shape index (κ2) is 8.20. The average Bonchev–Trinajstić information content (AvgIpc) is 3.22. The van der Waals surface area contributed by atoms with Gasteiger partial charge in [-0.1, -0.05) is 12.1 Å². The van der Waals surface area contributed by atoms with E-state index in [9.17, 15) is 13.6 Å². The number of carbonyl (C=O) groups is 1. The zero-order valence-electron chi connectivity index (χ0n) is 16.0. The van der Waals surface area contributed by atoms with Crippen LogP contribution in [0.3, 0.4) is 0 Å². The molecule has 1 amide bonds. The van der Waals surface area contributed by atoms with Gasteiger partial charge in [0.05, 0.1) is 12.3 Å². The third-order valence-electron chi connectivity index (χ3n) is 5.16. The van der Waals surface area contributed by atoms with Crippen LogP contribution >= 0.6 is 0 Å². The van der Waals surface area contributed by atoms with Gasteiger partial charge >= 0.3 is 0 Å². The lowest BCUT2D eigenvalue weighted by atomic mass is 9.93. The normalized spacial score (nSPS) is 17.2. The highest BCUT2D eigenvalue weighted by Gasteiger charge is 2.28. The van der Waals surface area contributed by atoms with E-state index < -0.39 is 6.43 Å². The van der Waals surface area contributed by atoms with E-state index >= 15 is 0 Å². The largest absolute Gasteiger partial charge is 0.380 e. The van der Waals surface area contributed by atoms with Crippen LogP contribution in [0.25, 0.3) is 5.78 Å². The first-order chi connectivity index (χ1) is 14.1. The Morgan fingerprint density at radius 2 is 2.10 bits per heavy atom. The van der Waals surface area contributed by atoms with Crippen LogP contribution in [0.15, 0.2) is 36.7 Å². The van der Waals surface area contributed by atoms with Crippen molar-refractivity contribution >= 4 is 11.7 Å². The Morgan fingerprint density at radius 1 is 1.31 bits per heavy atom. The van der Waals surface area contributed by atoms with E-state index in [2.05, 4.69) is 15.1 Å². The molecule has 152 valence electrons. The van der Waals surface area contributed by atoms with E-state index in [-0.39, 0.29) is 23.3 Å². The van der Waals surface area contributed by atoms with Gasteiger partial charge in [0.25, 0.3) is 18.1 Å². The van der Waals surface area contributed by atoms with Crippen molar-refractivity contribution in [3.63, 3.8) is 0 Å². The Labute approximate surface area is 166 Å². The van der Waals surface area contributed by atoms with E-state index in [1.54, 1.807) is 24.1 Å². The number of hydrogen-bond acceptors (Lipinski definition) is 5. The minimum absolute atomic E-state index is 0.0729. The Bertz CT molecular complexity index is 1010. The number of carbonyl (C=O) groups excluding carboxylic acids is 1. The molecule has 1 fully saturated rings. The molecule has 29 heavy (non-hydrogen) atoms. The number of fused-ring (bicyclic) bond motifs is 1. The molecule has 2 aromatic heterocycles. The molecule has 1 aliphatic rings. The lowest BCUT2D eigenvalue weighted by Crippen LogP contribution is -2.39. The molecule has 0 radical (unpaired) electrons. The van der Waals surface area contributed by atoms with Crippen LogP contribution < -0.4 is 0 Å². The van der Waals surface area contributed by atoms with Crippen molar-refractivity contribution < 1.29 is 18.3 Å².